The zero-order chi connectivity index (χ0) is 11.5. The highest BCUT2D eigenvalue weighted by Crippen LogP contribution is 2.18. The quantitative estimate of drug-likeness (QED) is 0.737. The summed E-state index contributed by atoms with van der Waals surface area (Å²) in [4.78, 5) is 17.6. The molecule has 0 spiro atoms. The first kappa shape index (κ1) is 13.9. The summed E-state index contributed by atoms with van der Waals surface area (Å²) in [5.74, 6) is 1.16. The van der Waals surface area contributed by atoms with Gasteiger partial charge in [-0.2, -0.15) is 9.59 Å². The third-order valence-electron chi connectivity index (χ3n) is 1.77. The van der Waals surface area contributed by atoms with Gasteiger partial charge < -0.3 is 0 Å². The summed E-state index contributed by atoms with van der Waals surface area (Å²) in [7, 11) is 0. The van der Waals surface area contributed by atoms with Crippen LogP contribution in [0.1, 0.15) is 25.8 Å². The Kier molecular flexibility index (Phi) is 8.84. The maximum Gasteiger partial charge on any atom is 0.373 e. The van der Waals surface area contributed by atoms with Gasteiger partial charge in [-0.3, -0.25) is 0 Å². The van der Waals surface area contributed by atoms with Gasteiger partial charge in [0, 0.05) is 4.90 Å². The van der Waals surface area contributed by atoms with Gasteiger partial charge in [-0.1, -0.05) is 32.4 Å². The molecular weight excluding hydrogens is 208 g/mol. The van der Waals surface area contributed by atoms with E-state index in [4.69, 9.17) is 9.59 Å². The molecule has 2 nitrogen and oxygen atoms in total. The Bertz CT molecular complexity index is 262. The van der Waals surface area contributed by atoms with Gasteiger partial charge in [-0.05, 0) is 29.9 Å². The standard InChI is InChI=1S/C11H16S.CO2/c1-3-5-10-6-8-11(9-7-10)12-4-2;2-1-3/h6-9H,3-5H2,1-2H3;. The smallest absolute Gasteiger partial charge is 0.186 e. The van der Waals surface area contributed by atoms with Crippen molar-refractivity contribution in [1.29, 1.82) is 0 Å². The molecule has 82 valence electrons. The molecule has 0 aliphatic heterocycles. The second-order valence-corrected chi connectivity index (χ2v) is 4.25. The van der Waals surface area contributed by atoms with E-state index in [0.717, 1.165) is 5.75 Å². The molecule has 0 aliphatic carbocycles. The first-order valence-electron chi connectivity index (χ1n) is 4.99. The van der Waals surface area contributed by atoms with Crippen molar-refractivity contribution in [2.75, 3.05) is 5.75 Å². The zero-order valence-electron chi connectivity index (χ0n) is 9.16. The molecule has 0 atom stereocenters. The molecular formula is C12H16O2S. The number of aryl methyl sites for hydroxylation is 1. The third kappa shape index (κ3) is 6.95. The molecule has 3 heteroatoms. The fraction of sp³-hybridized carbons (Fsp3) is 0.417. The summed E-state index contributed by atoms with van der Waals surface area (Å²) >= 11 is 1.90. The van der Waals surface area contributed by atoms with Crippen molar-refractivity contribution >= 4 is 17.9 Å². The van der Waals surface area contributed by atoms with Crippen LogP contribution in [0.25, 0.3) is 0 Å². The predicted octanol–water partition coefficient (Wildman–Crippen LogP) is 3.17. The van der Waals surface area contributed by atoms with E-state index in [-0.39, 0.29) is 6.15 Å². The Hall–Kier alpha value is -1.05. The van der Waals surface area contributed by atoms with Gasteiger partial charge in [0.2, 0.25) is 0 Å². The molecule has 0 saturated heterocycles. The van der Waals surface area contributed by atoms with Crippen LogP contribution >= 0.6 is 11.8 Å². The summed E-state index contributed by atoms with van der Waals surface area (Å²) < 4.78 is 0. The number of rotatable bonds is 4. The summed E-state index contributed by atoms with van der Waals surface area (Å²) in [6.07, 6.45) is 2.69. The maximum absolute atomic E-state index is 8.12. The molecule has 1 rings (SSSR count). The molecule has 0 aliphatic rings. The van der Waals surface area contributed by atoms with Crippen molar-refractivity contribution < 1.29 is 9.59 Å². The Balaban J connectivity index is 0.000000583. The van der Waals surface area contributed by atoms with Crippen molar-refractivity contribution in [2.45, 2.75) is 31.6 Å². The second kappa shape index (κ2) is 9.50. The van der Waals surface area contributed by atoms with Gasteiger partial charge in [0.15, 0.2) is 0 Å². The molecule has 0 saturated carbocycles. The highest BCUT2D eigenvalue weighted by atomic mass is 32.2. The number of thioether (sulfide) groups is 1. The Morgan fingerprint density at radius 2 is 1.67 bits per heavy atom. The number of hydrogen-bond donors (Lipinski definition) is 0. The molecule has 0 heterocycles. The Morgan fingerprint density at radius 1 is 1.13 bits per heavy atom. The topological polar surface area (TPSA) is 34.1 Å². The largest absolute Gasteiger partial charge is 0.373 e. The van der Waals surface area contributed by atoms with Crippen LogP contribution in [0.15, 0.2) is 29.2 Å². The average Bonchev–Trinajstić information content (AvgIpc) is 2.23. The monoisotopic (exact) mass is 224 g/mol. The van der Waals surface area contributed by atoms with Gasteiger partial charge in [0.05, 0.1) is 0 Å². The second-order valence-electron chi connectivity index (χ2n) is 2.91. The highest BCUT2D eigenvalue weighted by Gasteiger charge is 1.92. The zero-order valence-corrected chi connectivity index (χ0v) is 9.97. The minimum atomic E-state index is 0.250. The van der Waals surface area contributed by atoms with Crippen molar-refractivity contribution in [1.82, 2.24) is 0 Å². The van der Waals surface area contributed by atoms with E-state index in [1.807, 2.05) is 11.8 Å². The number of carbonyl (C=O) groups excluding carboxylic acids is 2. The fourth-order valence-electron chi connectivity index (χ4n) is 1.21. The molecule has 0 bridgehead atoms. The van der Waals surface area contributed by atoms with Crippen LogP contribution in [0, 0.1) is 0 Å². The molecule has 0 N–H and O–H groups in total. The van der Waals surface area contributed by atoms with Crippen molar-refractivity contribution in [2.24, 2.45) is 0 Å². The lowest BCUT2D eigenvalue weighted by Gasteiger charge is -2.00. The Labute approximate surface area is 95.1 Å². The van der Waals surface area contributed by atoms with Crippen LogP contribution in [0.5, 0.6) is 0 Å². The molecule has 1 aromatic carbocycles. The Morgan fingerprint density at radius 3 is 2.07 bits per heavy atom. The van der Waals surface area contributed by atoms with Crippen LogP contribution in [0.3, 0.4) is 0 Å². The van der Waals surface area contributed by atoms with Crippen LogP contribution in [-0.2, 0) is 16.0 Å². The van der Waals surface area contributed by atoms with E-state index >= 15 is 0 Å². The van der Waals surface area contributed by atoms with Crippen molar-refractivity contribution in [3.63, 3.8) is 0 Å². The van der Waals surface area contributed by atoms with E-state index in [9.17, 15) is 0 Å². The summed E-state index contributed by atoms with van der Waals surface area (Å²) in [6.45, 7) is 4.40. The number of benzene rings is 1. The molecule has 0 radical (unpaired) electrons. The first-order valence-corrected chi connectivity index (χ1v) is 5.98. The normalized spacial score (nSPS) is 8.67. The molecule has 0 aromatic heterocycles. The van der Waals surface area contributed by atoms with E-state index in [0.29, 0.717) is 0 Å². The SMILES string of the molecule is CCCc1ccc(SCC)cc1.O=C=O. The van der Waals surface area contributed by atoms with E-state index < -0.39 is 0 Å². The van der Waals surface area contributed by atoms with Gasteiger partial charge in [-0.15, -0.1) is 11.8 Å². The predicted molar refractivity (Wildman–Crippen MR) is 61.8 cm³/mol. The summed E-state index contributed by atoms with van der Waals surface area (Å²) in [6, 6.07) is 8.92. The van der Waals surface area contributed by atoms with Gasteiger partial charge in [-0.25, -0.2) is 0 Å². The lowest BCUT2D eigenvalue weighted by Crippen LogP contribution is -1.81. The van der Waals surface area contributed by atoms with Gasteiger partial charge >= 0.3 is 6.15 Å². The van der Waals surface area contributed by atoms with E-state index in [2.05, 4.69) is 38.1 Å². The lowest BCUT2D eigenvalue weighted by molar-refractivity contribution is -0.191. The van der Waals surface area contributed by atoms with E-state index in [1.165, 1.54) is 23.3 Å². The summed E-state index contributed by atoms with van der Waals surface area (Å²) in [5.41, 5.74) is 1.46. The van der Waals surface area contributed by atoms with Crippen LogP contribution in [-0.4, -0.2) is 11.9 Å². The first-order chi connectivity index (χ1) is 7.28. The van der Waals surface area contributed by atoms with Gasteiger partial charge in [0.25, 0.3) is 0 Å². The molecule has 1 aromatic rings. The maximum atomic E-state index is 8.12. The van der Waals surface area contributed by atoms with Crippen LogP contribution < -0.4 is 0 Å². The molecule has 15 heavy (non-hydrogen) atoms. The number of hydrogen-bond acceptors (Lipinski definition) is 3. The minimum absolute atomic E-state index is 0.250. The summed E-state index contributed by atoms with van der Waals surface area (Å²) in [5, 5.41) is 0. The van der Waals surface area contributed by atoms with Crippen LogP contribution in [0.4, 0.5) is 0 Å². The molecule has 0 amide bonds. The van der Waals surface area contributed by atoms with Crippen molar-refractivity contribution in [3.05, 3.63) is 29.8 Å². The lowest BCUT2D eigenvalue weighted by atomic mass is 10.1. The highest BCUT2D eigenvalue weighted by molar-refractivity contribution is 7.99. The third-order valence-corrected chi connectivity index (χ3v) is 2.67. The van der Waals surface area contributed by atoms with E-state index in [1.54, 1.807) is 0 Å². The minimum Gasteiger partial charge on any atom is -0.186 e. The molecule has 0 fully saturated rings. The van der Waals surface area contributed by atoms with Crippen molar-refractivity contribution in [3.8, 4) is 0 Å². The molecule has 0 unspecified atom stereocenters. The van der Waals surface area contributed by atoms with Crippen LogP contribution in [0.2, 0.25) is 0 Å². The average molecular weight is 224 g/mol. The fourth-order valence-corrected chi connectivity index (χ4v) is 1.87. The van der Waals surface area contributed by atoms with Gasteiger partial charge in [0.1, 0.15) is 0 Å².